The SMILES string of the molecule is CCNCc1ccc(F)c(COc2ccc(C)cc2Br)c1. The predicted molar refractivity (Wildman–Crippen MR) is 87.0 cm³/mol. The van der Waals surface area contributed by atoms with Crippen LogP contribution in [0.25, 0.3) is 0 Å². The first-order valence-electron chi connectivity index (χ1n) is 6.97. The van der Waals surface area contributed by atoms with Crippen LogP contribution in [0.3, 0.4) is 0 Å². The molecule has 0 amide bonds. The summed E-state index contributed by atoms with van der Waals surface area (Å²) in [6, 6.07) is 11.0. The Morgan fingerprint density at radius 3 is 2.71 bits per heavy atom. The molecule has 0 saturated carbocycles. The van der Waals surface area contributed by atoms with Crippen LogP contribution in [0.1, 0.15) is 23.6 Å². The normalized spacial score (nSPS) is 10.7. The number of ether oxygens (including phenoxy) is 1. The molecule has 0 saturated heterocycles. The highest BCUT2D eigenvalue weighted by Crippen LogP contribution is 2.27. The lowest BCUT2D eigenvalue weighted by atomic mass is 10.1. The van der Waals surface area contributed by atoms with E-state index in [1.54, 1.807) is 6.07 Å². The Balaban J connectivity index is 2.08. The van der Waals surface area contributed by atoms with Crippen molar-refractivity contribution in [1.29, 1.82) is 0 Å². The van der Waals surface area contributed by atoms with Crippen LogP contribution in [0.4, 0.5) is 4.39 Å². The maximum absolute atomic E-state index is 13.8. The number of benzene rings is 2. The minimum absolute atomic E-state index is 0.216. The molecule has 0 bridgehead atoms. The molecule has 0 heterocycles. The Kier molecular flexibility index (Phi) is 5.76. The highest BCUT2D eigenvalue weighted by molar-refractivity contribution is 9.10. The molecule has 2 rings (SSSR count). The third-order valence-electron chi connectivity index (χ3n) is 3.16. The Labute approximate surface area is 133 Å². The van der Waals surface area contributed by atoms with Gasteiger partial charge >= 0.3 is 0 Å². The number of hydrogen-bond donors (Lipinski definition) is 1. The number of aryl methyl sites for hydroxylation is 1. The predicted octanol–water partition coefficient (Wildman–Crippen LogP) is 4.59. The molecule has 2 aromatic carbocycles. The molecule has 21 heavy (non-hydrogen) atoms. The zero-order chi connectivity index (χ0) is 15.2. The van der Waals surface area contributed by atoms with Crippen LogP contribution in [-0.4, -0.2) is 6.54 Å². The molecule has 0 fully saturated rings. The van der Waals surface area contributed by atoms with Crippen molar-refractivity contribution in [3.8, 4) is 5.75 Å². The summed E-state index contributed by atoms with van der Waals surface area (Å²) in [7, 11) is 0. The summed E-state index contributed by atoms with van der Waals surface area (Å²) in [5.41, 5.74) is 2.77. The first kappa shape index (κ1) is 16.0. The first-order valence-corrected chi connectivity index (χ1v) is 7.76. The number of nitrogens with one attached hydrogen (secondary N) is 1. The Bertz CT molecular complexity index is 616. The standard InChI is InChI=1S/C17H19BrFNO/c1-3-20-10-13-5-6-16(19)14(9-13)11-21-17-7-4-12(2)8-15(17)18/h4-9,20H,3,10-11H2,1-2H3. The zero-order valence-corrected chi connectivity index (χ0v) is 13.8. The average Bonchev–Trinajstić information content (AvgIpc) is 2.46. The van der Waals surface area contributed by atoms with E-state index in [1.165, 1.54) is 6.07 Å². The van der Waals surface area contributed by atoms with Gasteiger partial charge in [0.1, 0.15) is 18.2 Å². The second-order valence-corrected chi connectivity index (χ2v) is 5.78. The topological polar surface area (TPSA) is 21.3 Å². The maximum atomic E-state index is 13.8. The lowest BCUT2D eigenvalue weighted by Crippen LogP contribution is -2.12. The van der Waals surface area contributed by atoms with Gasteiger partial charge in [0.25, 0.3) is 0 Å². The zero-order valence-electron chi connectivity index (χ0n) is 12.2. The molecule has 112 valence electrons. The lowest BCUT2D eigenvalue weighted by Gasteiger charge is -2.11. The Morgan fingerprint density at radius 2 is 2.00 bits per heavy atom. The average molecular weight is 352 g/mol. The van der Waals surface area contributed by atoms with E-state index in [2.05, 4.69) is 21.2 Å². The van der Waals surface area contributed by atoms with Crippen LogP contribution in [0, 0.1) is 12.7 Å². The molecule has 0 aliphatic heterocycles. The Hall–Kier alpha value is -1.39. The third kappa shape index (κ3) is 4.55. The summed E-state index contributed by atoms with van der Waals surface area (Å²) in [5.74, 6) is 0.482. The molecular formula is C17H19BrFNO. The van der Waals surface area contributed by atoms with E-state index < -0.39 is 0 Å². The lowest BCUT2D eigenvalue weighted by molar-refractivity contribution is 0.297. The van der Waals surface area contributed by atoms with Gasteiger partial charge in [0.2, 0.25) is 0 Å². The number of hydrogen-bond acceptors (Lipinski definition) is 2. The van der Waals surface area contributed by atoms with Crippen LogP contribution >= 0.6 is 15.9 Å². The van der Waals surface area contributed by atoms with E-state index in [0.717, 1.165) is 34.4 Å². The summed E-state index contributed by atoms with van der Waals surface area (Å²) < 4.78 is 20.4. The molecule has 0 aliphatic rings. The molecule has 2 aromatic rings. The van der Waals surface area contributed by atoms with Crippen molar-refractivity contribution < 1.29 is 9.13 Å². The molecule has 0 spiro atoms. The smallest absolute Gasteiger partial charge is 0.134 e. The summed E-state index contributed by atoms with van der Waals surface area (Å²) in [6.45, 7) is 5.89. The van der Waals surface area contributed by atoms with Crippen molar-refractivity contribution in [2.75, 3.05) is 6.54 Å². The van der Waals surface area contributed by atoms with Gasteiger partial charge in [-0.15, -0.1) is 0 Å². The van der Waals surface area contributed by atoms with Gasteiger partial charge in [-0.1, -0.05) is 19.1 Å². The van der Waals surface area contributed by atoms with Crippen molar-refractivity contribution in [1.82, 2.24) is 5.32 Å². The Morgan fingerprint density at radius 1 is 1.19 bits per heavy atom. The molecule has 2 nitrogen and oxygen atoms in total. The van der Waals surface area contributed by atoms with Crippen molar-refractivity contribution >= 4 is 15.9 Å². The van der Waals surface area contributed by atoms with Crippen molar-refractivity contribution in [2.45, 2.75) is 27.0 Å². The number of halogens is 2. The fourth-order valence-electron chi connectivity index (χ4n) is 2.00. The maximum Gasteiger partial charge on any atom is 0.134 e. The molecule has 1 N–H and O–H groups in total. The van der Waals surface area contributed by atoms with Crippen molar-refractivity contribution in [3.63, 3.8) is 0 Å². The monoisotopic (exact) mass is 351 g/mol. The van der Waals surface area contributed by atoms with Crippen LogP contribution in [-0.2, 0) is 13.2 Å². The molecular weight excluding hydrogens is 333 g/mol. The van der Waals surface area contributed by atoms with Crippen molar-refractivity contribution in [3.05, 3.63) is 63.4 Å². The largest absolute Gasteiger partial charge is 0.488 e. The van der Waals surface area contributed by atoms with E-state index >= 15 is 0 Å². The van der Waals surface area contributed by atoms with E-state index in [-0.39, 0.29) is 12.4 Å². The molecule has 4 heteroatoms. The van der Waals surface area contributed by atoms with Crippen LogP contribution in [0.2, 0.25) is 0 Å². The number of rotatable bonds is 6. The fourth-order valence-corrected chi connectivity index (χ4v) is 2.60. The quantitative estimate of drug-likeness (QED) is 0.821. The summed E-state index contributed by atoms with van der Waals surface area (Å²) >= 11 is 3.46. The highest BCUT2D eigenvalue weighted by Gasteiger charge is 2.07. The van der Waals surface area contributed by atoms with E-state index in [9.17, 15) is 4.39 Å². The van der Waals surface area contributed by atoms with E-state index in [4.69, 9.17) is 4.74 Å². The molecule has 0 aromatic heterocycles. The molecule has 0 unspecified atom stereocenters. The van der Waals surface area contributed by atoms with Crippen LogP contribution < -0.4 is 10.1 Å². The fraction of sp³-hybridized carbons (Fsp3) is 0.294. The van der Waals surface area contributed by atoms with Gasteiger partial charge in [-0.2, -0.15) is 0 Å². The summed E-state index contributed by atoms with van der Waals surface area (Å²) in [4.78, 5) is 0. The molecule has 0 aliphatic carbocycles. The summed E-state index contributed by atoms with van der Waals surface area (Å²) in [5, 5.41) is 3.23. The van der Waals surface area contributed by atoms with E-state index in [1.807, 2.05) is 38.1 Å². The minimum Gasteiger partial charge on any atom is -0.488 e. The van der Waals surface area contributed by atoms with Gasteiger partial charge in [-0.3, -0.25) is 0 Å². The summed E-state index contributed by atoms with van der Waals surface area (Å²) in [6.07, 6.45) is 0. The highest BCUT2D eigenvalue weighted by atomic mass is 79.9. The van der Waals surface area contributed by atoms with Gasteiger partial charge < -0.3 is 10.1 Å². The first-order chi connectivity index (χ1) is 10.1. The van der Waals surface area contributed by atoms with E-state index in [0.29, 0.717) is 5.56 Å². The van der Waals surface area contributed by atoms with Gasteiger partial charge in [0, 0.05) is 12.1 Å². The van der Waals surface area contributed by atoms with Gasteiger partial charge in [-0.05, 0) is 64.8 Å². The minimum atomic E-state index is -0.238. The second kappa shape index (κ2) is 7.57. The van der Waals surface area contributed by atoms with Crippen LogP contribution in [0.15, 0.2) is 40.9 Å². The molecule has 0 radical (unpaired) electrons. The van der Waals surface area contributed by atoms with Crippen LogP contribution in [0.5, 0.6) is 5.75 Å². The van der Waals surface area contributed by atoms with Gasteiger partial charge in [0.15, 0.2) is 0 Å². The third-order valence-corrected chi connectivity index (χ3v) is 3.78. The van der Waals surface area contributed by atoms with Crippen molar-refractivity contribution in [2.24, 2.45) is 0 Å². The van der Waals surface area contributed by atoms with Gasteiger partial charge in [0.05, 0.1) is 4.47 Å². The second-order valence-electron chi connectivity index (χ2n) is 4.93. The van der Waals surface area contributed by atoms with Gasteiger partial charge in [-0.25, -0.2) is 4.39 Å². The molecule has 0 atom stereocenters.